The molecule has 0 bridgehead atoms. The average Bonchev–Trinajstić information content (AvgIpc) is 3.26. The molecule has 0 spiro atoms. The molecule has 1 aliphatic heterocycles. The van der Waals surface area contributed by atoms with Gasteiger partial charge in [-0.25, -0.2) is 4.39 Å². The van der Waals surface area contributed by atoms with Crippen LogP contribution < -0.4 is 9.64 Å². The van der Waals surface area contributed by atoms with Gasteiger partial charge in [-0.1, -0.05) is 24.3 Å². The molecular formula is C26H24FN5O. The van der Waals surface area contributed by atoms with Crippen molar-refractivity contribution in [2.24, 2.45) is 0 Å². The normalized spacial score (nSPS) is 14.4. The van der Waals surface area contributed by atoms with Crippen LogP contribution in [0.2, 0.25) is 0 Å². The molecule has 0 aliphatic carbocycles. The summed E-state index contributed by atoms with van der Waals surface area (Å²) in [5.41, 5.74) is 4.75. The number of H-pyrrole nitrogens is 1. The summed E-state index contributed by atoms with van der Waals surface area (Å²) in [6.07, 6.45) is 0. The lowest BCUT2D eigenvalue weighted by molar-refractivity contribution is 0.311. The quantitative estimate of drug-likeness (QED) is 0.499. The van der Waals surface area contributed by atoms with E-state index in [9.17, 15) is 9.65 Å². The second-order valence-corrected chi connectivity index (χ2v) is 8.28. The van der Waals surface area contributed by atoms with Crippen LogP contribution in [0.4, 0.5) is 10.1 Å². The highest BCUT2D eigenvalue weighted by Gasteiger charge is 2.20. The number of halogens is 1. The van der Waals surface area contributed by atoms with Gasteiger partial charge in [0.25, 0.3) is 0 Å². The summed E-state index contributed by atoms with van der Waals surface area (Å²) >= 11 is 0. The predicted molar refractivity (Wildman–Crippen MR) is 128 cm³/mol. The van der Waals surface area contributed by atoms with Crippen LogP contribution >= 0.6 is 0 Å². The third-order valence-electron chi connectivity index (χ3n) is 6.28. The Balaban J connectivity index is 1.60. The van der Waals surface area contributed by atoms with Crippen molar-refractivity contribution in [1.29, 1.82) is 5.26 Å². The Hall–Kier alpha value is -3.89. The smallest absolute Gasteiger partial charge is 0.142 e. The number of methoxy groups -OCH3 is 1. The molecule has 33 heavy (non-hydrogen) atoms. The Labute approximate surface area is 191 Å². The van der Waals surface area contributed by atoms with Gasteiger partial charge in [0.1, 0.15) is 17.3 Å². The Morgan fingerprint density at radius 1 is 1.03 bits per heavy atom. The first-order chi connectivity index (χ1) is 16.1. The molecule has 1 saturated heterocycles. The molecule has 1 aliphatic rings. The first-order valence-corrected chi connectivity index (χ1v) is 10.9. The topological polar surface area (TPSA) is 68.2 Å². The zero-order valence-corrected chi connectivity index (χ0v) is 18.6. The zero-order chi connectivity index (χ0) is 22.9. The maximum Gasteiger partial charge on any atom is 0.142 e. The number of piperazine rings is 1. The molecule has 2 heterocycles. The SMILES string of the molecule is COc1cc(-c2n[nH]c3cc(C#N)c(-c4ccccc4F)cc23)ccc1N1CCN(C)CC1. The van der Waals surface area contributed by atoms with Crippen LogP contribution in [0.15, 0.2) is 54.6 Å². The minimum atomic E-state index is -0.364. The second-order valence-electron chi connectivity index (χ2n) is 8.28. The van der Waals surface area contributed by atoms with E-state index in [2.05, 4.69) is 39.2 Å². The Morgan fingerprint density at radius 3 is 2.55 bits per heavy atom. The van der Waals surface area contributed by atoms with E-state index in [0.717, 1.165) is 59.8 Å². The van der Waals surface area contributed by atoms with Gasteiger partial charge >= 0.3 is 0 Å². The second kappa shape index (κ2) is 8.57. The van der Waals surface area contributed by atoms with E-state index >= 15 is 0 Å². The highest BCUT2D eigenvalue weighted by molar-refractivity contribution is 5.97. The molecule has 166 valence electrons. The van der Waals surface area contributed by atoms with E-state index < -0.39 is 0 Å². The number of nitrogens with one attached hydrogen (secondary N) is 1. The zero-order valence-electron chi connectivity index (χ0n) is 18.6. The van der Waals surface area contributed by atoms with Crippen LogP contribution in [-0.2, 0) is 0 Å². The van der Waals surface area contributed by atoms with Crippen LogP contribution in [0.5, 0.6) is 5.75 Å². The number of rotatable bonds is 4. The van der Waals surface area contributed by atoms with Crippen molar-refractivity contribution in [1.82, 2.24) is 15.1 Å². The van der Waals surface area contributed by atoms with Crippen LogP contribution in [0.3, 0.4) is 0 Å². The Bertz CT molecular complexity index is 1370. The highest BCUT2D eigenvalue weighted by atomic mass is 19.1. The number of nitriles is 1. The van der Waals surface area contributed by atoms with Crippen molar-refractivity contribution in [3.05, 3.63) is 66.0 Å². The van der Waals surface area contributed by atoms with E-state index in [1.165, 1.54) is 6.07 Å². The molecule has 1 aromatic heterocycles. The predicted octanol–water partition coefficient (Wildman–Crippen LogP) is 4.67. The molecule has 0 atom stereocenters. The number of benzene rings is 3. The number of aromatic amines is 1. The van der Waals surface area contributed by atoms with Crippen molar-refractivity contribution in [2.45, 2.75) is 0 Å². The van der Waals surface area contributed by atoms with Crippen LogP contribution in [0.25, 0.3) is 33.3 Å². The first kappa shape index (κ1) is 21.0. The number of nitrogens with zero attached hydrogens (tertiary/aromatic N) is 4. The fourth-order valence-corrected chi connectivity index (χ4v) is 4.41. The maximum atomic E-state index is 14.5. The summed E-state index contributed by atoms with van der Waals surface area (Å²) in [5.74, 6) is 0.424. The third kappa shape index (κ3) is 3.79. The van der Waals surface area contributed by atoms with Crippen LogP contribution in [-0.4, -0.2) is 55.4 Å². The fourth-order valence-electron chi connectivity index (χ4n) is 4.41. The summed E-state index contributed by atoms with van der Waals surface area (Å²) in [6.45, 7) is 3.91. The van der Waals surface area contributed by atoms with Crippen molar-refractivity contribution in [2.75, 3.05) is 45.2 Å². The molecule has 0 amide bonds. The van der Waals surface area contributed by atoms with Gasteiger partial charge in [-0.2, -0.15) is 10.4 Å². The molecule has 7 heteroatoms. The van der Waals surface area contributed by atoms with Crippen LogP contribution in [0.1, 0.15) is 5.56 Å². The molecule has 6 nitrogen and oxygen atoms in total. The minimum Gasteiger partial charge on any atom is -0.495 e. The van der Waals surface area contributed by atoms with E-state index in [4.69, 9.17) is 4.74 Å². The number of ether oxygens (including phenoxy) is 1. The lowest BCUT2D eigenvalue weighted by Crippen LogP contribution is -2.44. The van der Waals surface area contributed by atoms with Gasteiger partial charge in [0.05, 0.1) is 29.9 Å². The first-order valence-electron chi connectivity index (χ1n) is 10.9. The third-order valence-corrected chi connectivity index (χ3v) is 6.28. The van der Waals surface area contributed by atoms with E-state index in [1.807, 2.05) is 18.2 Å². The lowest BCUT2D eigenvalue weighted by Gasteiger charge is -2.34. The molecular weight excluding hydrogens is 417 g/mol. The number of aromatic nitrogens is 2. The van der Waals surface area contributed by atoms with Gasteiger partial charge in [-0.15, -0.1) is 0 Å². The molecule has 1 N–H and O–H groups in total. The van der Waals surface area contributed by atoms with Gasteiger partial charge in [-0.3, -0.25) is 5.10 Å². The van der Waals surface area contributed by atoms with Crippen LogP contribution in [0, 0.1) is 17.1 Å². The van der Waals surface area contributed by atoms with E-state index in [1.54, 1.807) is 31.4 Å². The average molecular weight is 442 g/mol. The monoisotopic (exact) mass is 441 g/mol. The van der Waals surface area contributed by atoms with Gasteiger partial charge in [0.2, 0.25) is 0 Å². The number of likely N-dealkylation sites (N-methyl/N-ethyl adjacent to an activating group) is 1. The molecule has 3 aromatic carbocycles. The number of fused-ring (bicyclic) bond motifs is 1. The molecule has 5 rings (SSSR count). The summed E-state index contributed by atoms with van der Waals surface area (Å²) in [5, 5.41) is 18.0. The lowest BCUT2D eigenvalue weighted by atomic mass is 9.96. The number of hydrogen-bond acceptors (Lipinski definition) is 5. The summed E-state index contributed by atoms with van der Waals surface area (Å²) in [4.78, 5) is 4.65. The summed E-state index contributed by atoms with van der Waals surface area (Å²) in [6, 6.07) is 18.3. The number of anilines is 1. The van der Waals surface area contributed by atoms with Gasteiger partial charge in [0, 0.05) is 48.3 Å². The molecule has 0 radical (unpaired) electrons. The highest BCUT2D eigenvalue weighted by Crippen LogP contribution is 2.37. The Morgan fingerprint density at radius 2 is 1.82 bits per heavy atom. The molecule has 0 unspecified atom stereocenters. The van der Waals surface area contributed by atoms with Gasteiger partial charge in [0.15, 0.2) is 0 Å². The van der Waals surface area contributed by atoms with Crippen molar-refractivity contribution in [3.8, 4) is 34.2 Å². The Kier molecular flexibility index (Phi) is 5.45. The minimum absolute atomic E-state index is 0.364. The van der Waals surface area contributed by atoms with Gasteiger partial charge in [-0.05, 0) is 37.4 Å². The van der Waals surface area contributed by atoms with E-state index in [-0.39, 0.29) is 5.82 Å². The van der Waals surface area contributed by atoms with E-state index in [0.29, 0.717) is 16.7 Å². The fraction of sp³-hybridized carbons (Fsp3) is 0.231. The van der Waals surface area contributed by atoms with Crippen molar-refractivity contribution < 1.29 is 9.13 Å². The largest absolute Gasteiger partial charge is 0.495 e. The molecule has 1 fully saturated rings. The standard InChI is InChI=1S/C26H24FN5O/c1-31-9-11-32(12-10-31)24-8-7-17(14-25(24)33-2)26-21-15-20(19-5-3-4-6-22(19)27)18(16-28)13-23(21)29-30-26/h3-8,13-15H,9-12H2,1-2H3,(H,29,30). The van der Waals surface area contributed by atoms with Crippen molar-refractivity contribution in [3.63, 3.8) is 0 Å². The van der Waals surface area contributed by atoms with Gasteiger partial charge < -0.3 is 14.5 Å². The summed E-state index contributed by atoms with van der Waals surface area (Å²) in [7, 11) is 3.81. The maximum absolute atomic E-state index is 14.5. The molecule has 0 saturated carbocycles. The summed E-state index contributed by atoms with van der Waals surface area (Å²) < 4.78 is 20.3. The van der Waals surface area contributed by atoms with Crippen molar-refractivity contribution >= 4 is 16.6 Å². The number of hydrogen-bond donors (Lipinski definition) is 1. The molecule has 4 aromatic rings.